The van der Waals surface area contributed by atoms with E-state index in [-0.39, 0.29) is 0 Å². The van der Waals surface area contributed by atoms with Crippen LogP contribution >= 0.6 is 0 Å². The molecular weight excluding hydrogens is 200 g/mol. The number of nitrogens with zero attached hydrogens (tertiary/aromatic N) is 1. The van der Waals surface area contributed by atoms with Crippen LogP contribution in [0.3, 0.4) is 0 Å². The van der Waals surface area contributed by atoms with Crippen molar-refractivity contribution >= 4 is 0 Å². The molecule has 1 heterocycles. The van der Waals surface area contributed by atoms with Crippen LogP contribution in [0.25, 0.3) is 0 Å². The van der Waals surface area contributed by atoms with Crippen LogP contribution in [-0.2, 0) is 4.74 Å². The van der Waals surface area contributed by atoms with Gasteiger partial charge in [0.25, 0.3) is 0 Å². The molecule has 0 aromatic rings. The van der Waals surface area contributed by atoms with Crippen LogP contribution < -0.4 is 5.32 Å². The second-order valence-electron chi connectivity index (χ2n) is 5.72. The van der Waals surface area contributed by atoms with E-state index in [0.29, 0.717) is 12.1 Å². The predicted octanol–water partition coefficient (Wildman–Crippen LogP) is 1.34. The van der Waals surface area contributed by atoms with E-state index in [1.54, 1.807) is 0 Å². The summed E-state index contributed by atoms with van der Waals surface area (Å²) in [5.74, 6) is 1.92. The van der Waals surface area contributed by atoms with E-state index in [9.17, 15) is 0 Å². The number of ether oxygens (including phenoxy) is 1. The van der Waals surface area contributed by atoms with Gasteiger partial charge in [-0.3, -0.25) is 0 Å². The second-order valence-corrected chi connectivity index (χ2v) is 5.72. The van der Waals surface area contributed by atoms with E-state index in [1.807, 2.05) is 0 Å². The third-order valence-corrected chi connectivity index (χ3v) is 4.18. The molecule has 94 valence electrons. The molecule has 4 unspecified atom stereocenters. The maximum absolute atomic E-state index is 5.49. The summed E-state index contributed by atoms with van der Waals surface area (Å²) in [5, 5.41) is 3.53. The summed E-state index contributed by atoms with van der Waals surface area (Å²) in [6.07, 6.45) is 2.64. The van der Waals surface area contributed by atoms with Gasteiger partial charge in [-0.2, -0.15) is 0 Å². The van der Waals surface area contributed by atoms with Crippen LogP contribution in [-0.4, -0.2) is 50.3 Å². The van der Waals surface area contributed by atoms with Gasteiger partial charge >= 0.3 is 0 Å². The Hall–Kier alpha value is -0.120. The molecule has 1 saturated carbocycles. The highest BCUT2D eigenvalue weighted by atomic mass is 16.5. The predicted molar refractivity (Wildman–Crippen MR) is 66.6 cm³/mol. The lowest BCUT2D eigenvalue weighted by Gasteiger charge is -2.31. The van der Waals surface area contributed by atoms with Gasteiger partial charge in [-0.15, -0.1) is 0 Å². The van der Waals surface area contributed by atoms with Gasteiger partial charge < -0.3 is 15.0 Å². The fourth-order valence-corrected chi connectivity index (χ4v) is 2.57. The largest absolute Gasteiger partial charge is 0.379 e. The van der Waals surface area contributed by atoms with Gasteiger partial charge in [-0.1, -0.05) is 6.92 Å². The third kappa shape index (κ3) is 3.44. The summed E-state index contributed by atoms with van der Waals surface area (Å²) in [6, 6.07) is 1.22. The molecule has 0 radical (unpaired) electrons. The highest BCUT2D eigenvalue weighted by Gasteiger charge is 2.34. The summed E-state index contributed by atoms with van der Waals surface area (Å²) < 4.78 is 5.49. The first-order chi connectivity index (χ1) is 7.66. The van der Waals surface area contributed by atoms with E-state index in [0.717, 1.165) is 31.6 Å². The Morgan fingerprint density at radius 3 is 2.81 bits per heavy atom. The van der Waals surface area contributed by atoms with E-state index in [1.165, 1.54) is 19.4 Å². The average molecular weight is 226 g/mol. The molecule has 2 aliphatic rings. The first kappa shape index (κ1) is 12.3. The number of hydrogen-bond donors (Lipinski definition) is 1. The Bertz CT molecular complexity index is 216. The van der Waals surface area contributed by atoms with Gasteiger partial charge in [0.2, 0.25) is 0 Å². The molecule has 1 aliphatic carbocycles. The average Bonchev–Trinajstić information content (AvgIpc) is 2.95. The first-order valence-corrected chi connectivity index (χ1v) is 6.68. The molecule has 0 bridgehead atoms. The second kappa shape index (κ2) is 5.48. The van der Waals surface area contributed by atoms with Crippen molar-refractivity contribution < 1.29 is 4.74 Å². The van der Waals surface area contributed by atoms with E-state index in [4.69, 9.17) is 4.74 Å². The zero-order chi connectivity index (χ0) is 11.5. The number of hydrogen-bond acceptors (Lipinski definition) is 3. The number of nitrogens with one attached hydrogen (secondary N) is 1. The molecule has 1 aliphatic heterocycles. The molecule has 2 rings (SSSR count). The molecule has 0 aromatic heterocycles. The van der Waals surface area contributed by atoms with Gasteiger partial charge in [0.1, 0.15) is 0 Å². The lowest BCUT2D eigenvalue weighted by Crippen LogP contribution is -2.45. The Labute approximate surface area is 99.5 Å². The Morgan fingerprint density at radius 1 is 1.50 bits per heavy atom. The molecule has 4 atom stereocenters. The monoisotopic (exact) mass is 226 g/mol. The Balaban J connectivity index is 1.67. The zero-order valence-corrected chi connectivity index (χ0v) is 10.9. The standard InChI is InChI=1S/C13H26N2O/c1-10-6-12(10)8-15(3)11(2)7-13-9-16-5-4-14-13/h10-14H,4-9H2,1-3H3. The molecule has 1 saturated heterocycles. The lowest BCUT2D eigenvalue weighted by molar-refractivity contribution is 0.0640. The summed E-state index contributed by atoms with van der Waals surface area (Å²) in [5.41, 5.74) is 0. The van der Waals surface area contributed by atoms with Crippen molar-refractivity contribution in [3.8, 4) is 0 Å². The van der Waals surface area contributed by atoms with E-state index >= 15 is 0 Å². The SMILES string of the molecule is CC1CC1CN(C)C(C)CC1COCCN1. The Kier molecular flexibility index (Phi) is 4.22. The molecular formula is C13H26N2O. The lowest BCUT2D eigenvalue weighted by atomic mass is 10.1. The van der Waals surface area contributed by atoms with Crippen molar-refractivity contribution in [2.24, 2.45) is 11.8 Å². The van der Waals surface area contributed by atoms with Crippen molar-refractivity contribution in [2.45, 2.75) is 38.8 Å². The smallest absolute Gasteiger partial charge is 0.0620 e. The molecule has 0 aromatic carbocycles. The van der Waals surface area contributed by atoms with Crippen LogP contribution in [0.2, 0.25) is 0 Å². The van der Waals surface area contributed by atoms with Crippen molar-refractivity contribution in [1.82, 2.24) is 10.2 Å². The van der Waals surface area contributed by atoms with Crippen molar-refractivity contribution in [3.05, 3.63) is 0 Å². The van der Waals surface area contributed by atoms with Crippen LogP contribution in [0.1, 0.15) is 26.7 Å². The minimum absolute atomic E-state index is 0.558. The third-order valence-electron chi connectivity index (χ3n) is 4.18. The van der Waals surface area contributed by atoms with Gasteiger partial charge in [0.05, 0.1) is 13.2 Å². The number of rotatable bonds is 5. The molecule has 3 nitrogen and oxygen atoms in total. The highest BCUT2D eigenvalue weighted by molar-refractivity contribution is 4.86. The van der Waals surface area contributed by atoms with Crippen LogP contribution in [0.4, 0.5) is 0 Å². The Morgan fingerprint density at radius 2 is 2.25 bits per heavy atom. The van der Waals surface area contributed by atoms with Crippen molar-refractivity contribution in [1.29, 1.82) is 0 Å². The van der Waals surface area contributed by atoms with Crippen LogP contribution in [0.5, 0.6) is 0 Å². The van der Waals surface area contributed by atoms with Crippen molar-refractivity contribution in [2.75, 3.05) is 33.4 Å². The van der Waals surface area contributed by atoms with Crippen LogP contribution in [0, 0.1) is 11.8 Å². The van der Waals surface area contributed by atoms with E-state index < -0.39 is 0 Å². The first-order valence-electron chi connectivity index (χ1n) is 6.68. The van der Waals surface area contributed by atoms with Gasteiger partial charge in [0, 0.05) is 25.2 Å². The fourth-order valence-electron chi connectivity index (χ4n) is 2.57. The van der Waals surface area contributed by atoms with Crippen molar-refractivity contribution in [3.63, 3.8) is 0 Å². The minimum Gasteiger partial charge on any atom is -0.379 e. The number of morpholine rings is 1. The normalized spacial score (nSPS) is 36.4. The molecule has 1 N–H and O–H groups in total. The fraction of sp³-hybridized carbons (Fsp3) is 1.00. The summed E-state index contributed by atoms with van der Waals surface area (Å²) in [7, 11) is 2.26. The molecule has 0 spiro atoms. The van der Waals surface area contributed by atoms with Crippen LogP contribution in [0.15, 0.2) is 0 Å². The van der Waals surface area contributed by atoms with Gasteiger partial charge in [-0.25, -0.2) is 0 Å². The van der Waals surface area contributed by atoms with E-state index in [2.05, 4.69) is 31.1 Å². The highest BCUT2D eigenvalue weighted by Crippen LogP contribution is 2.38. The molecule has 3 heteroatoms. The summed E-state index contributed by atoms with van der Waals surface area (Å²) in [4.78, 5) is 2.52. The quantitative estimate of drug-likeness (QED) is 0.765. The minimum atomic E-state index is 0.558. The summed E-state index contributed by atoms with van der Waals surface area (Å²) >= 11 is 0. The molecule has 2 fully saturated rings. The zero-order valence-electron chi connectivity index (χ0n) is 10.9. The maximum Gasteiger partial charge on any atom is 0.0620 e. The summed E-state index contributed by atoms with van der Waals surface area (Å²) in [6.45, 7) is 8.75. The topological polar surface area (TPSA) is 24.5 Å². The molecule has 16 heavy (non-hydrogen) atoms. The van der Waals surface area contributed by atoms with Gasteiger partial charge in [0.15, 0.2) is 0 Å². The maximum atomic E-state index is 5.49. The van der Waals surface area contributed by atoms with Gasteiger partial charge in [-0.05, 0) is 38.6 Å². The molecule has 0 amide bonds.